The molecule has 0 radical (unpaired) electrons. The molecule has 0 amide bonds. The van der Waals surface area contributed by atoms with Crippen LogP contribution in [-0.4, -0.2) is 56.7 Å². The number of ether oxygens (including phenoxy) is 2. The fraction of sp³-hybridized carbons (Fsp3) is 0.407. The van der Waals surface area contributed by atoms with Crippen LogP contribution in [0.15, 0.2) is 36.4 Å². The van der Waals surface area contributed by atoms with Gasteiger partial charge in [0, 0.05) is 24.9 Å². The number of halogens is 3. The molecule has 8 nitrogen and oxygen atoms in total. The number of methoxy groups -OCH3 is 2. The summed E-state index contributed by atoms with van der Waals surface area (Å²) >= 11 is 0. The quantitative estimate of drug-likeness (QED) is 0.355. The van der Waals surface area contributed by atoms with Crippen LogP contribution in [-0.2, 0) is 43.2 Å². The van der Waals surface area contributed by atoms with Gasteiger partial charge >= 0.3 is 24.1 Å². The summed E-state index contributed by atoms with van der Waals surface area (Å²) in [6, 6.07) is 11.8. The summed E-state index contributed by atoms with van der Waals surface area (Å²) in [5.74, 6) is -3.12. The maximum Gasteiger partial charge on any atom is 0.490 e. The van der Waals surface area contributed by atoms with Crippen molar-refractivity contribution in [3.8, 4) is 0 Å². The number of esters is 2. The van der Waals surface area contributed by atoms with E-state index in [0.717, 1.165) is 30.4 Å². The third kappa shape index (κ3) is 14.1. The molecule has 0 spiro atoms. The number of carboxylic acids is 1. The third-order valence-corrected chi connectivity index (χ3v) is 5.19. The number of carboxylic acid groups (broad SMARTS) is 1. The first-order valence-electron chi connectivity index (χ1n) is 11.5. The van der Waals surface area contributed by atoms with Crippen molar-refractivity contribution in [2.75, 3.05) is 21.3 Å². The van der Waals surface area contributed by atoms with Gasteiger partial charge in [0.15, 0.2) is 0 Å². The molecule has 38 heavy (non-hydrogen) atoms. The number of hydrogen-bond acceptors (Lipinski definition) is 7. The Bertz CT molecular complexity index is 1070. The number of rotatable bonds is 9. The molecule has 0 aliphatic rings. The number of aliphatic carboxylic acids is 1. The van der Waals surface area contributed by atoms with E-state index in [1.807, 2.05) is 26.1 Å². The lowest BCUT2D eigenvalue weighted by molar-refractivity contribution is -0.192. The predicted molar refractivity (Wildman–Crippen MR) is 135 cm³/mol. The van der Waals surface area contributed by atoms with Crippen molar-refractivity contribution in [2.45, 2.75) is 52.3 Å². The maximum atomic E-state index is 11.0. The molecule has 0 aliphatic heterocycles. The number of aryl methyl sites for hydroxylation is 4. The van der Waals surface area contributed by atoms with Crippen LogP contribution >= 0.6 is 0 Å². The van der Waals surface area contributed by atoms with Crippen LogP contribution in [0.25, 0.3) is 0 Å². The lowest BCUT2D eigenvalue weighted by atomic mass is 10.0. The minimum absolute atomic E-state index is 0.154. The summed E-state index contributed by atoms with van der Waals surface area (Å²) in [7, 11) is 4.73. The van der Waals surface area contributed by atoms with Crippen LogP contribution in [0.2, 0.25) is 0 Å². The average molecular weight is 542 g/mol. The Morgan fingerprint density at radius 1 is 0.895 bits per heavy atom. The first kappa shape index (κ1) is 34.3. The van der Waals surface area contributed by atoms with Gasteiger partial charge in [0.05, 0.1) is 14.2 Å². The van der Waals surface area contributed by atoms with Gasteiger partial charge in [-0.05, 0) is 67.6 Å². The van der Waals surface area contributed by atoms with Gasteiger partial charge in [-0.2, -0.15) is 13.2 Å². The number of carbonyl (C=O) groups is 4. The molecule has 0 fully saturated rings. The minimum Gasteiger partial charge on any atom is -0.475 e. The zero-order valence-corrected chi connectivity index (χ0v) is 22.1. The van der Waals surface area contributed by atoms with Crippen LogP contribution in [0.1, 0.15) is 51.0 Å². The second-order valence-electron chi connectivity index (χ2n) is 8.05. The zero-order valence-electron chi connectivity index (χ0n) is 22.1. The van der Waals surface area contributed by atoms with E-state index in [0.29, 0.717) is 24.8 Å². The number of carbonyl (C=O) groups excluding carboxylic acids is 3. The fourth-order valence-corrected chi connectivity index (χ4v) is 3.10. The van der Waals surface area contributed by atoms with Crippen molar-refractivity contribution in [3.63, 3.8) is 0 Å². The summed E-state index contributed by atoms with van der Waals surface area (Å²) < 4.78 is 40.9. The molecule has 11 heteroatoms. The molecule has 0 bridgehead atoms. The van der Waals surface area contributed by atoms with E-state index in [-0.39, 0.29) is 11.9 Å². The smallest absolute Gasteiger partial charge is 0.475 e. The van der Waals surface area contributed by atoms with Gasteiger partial charge in [-0.3, -0.25) is 14.4 Å². The van der Waals surface area contributed by atoms with Gasteiger partial charge < -0.3 is 19.9 Å². The Balaban J connectivity index is 0.000000582. The van der Waals surface area contributed by atoms with Crippen LogP contribution < -0.4 is 5.32 Å². The normalized spacial score (nSPS) is 10.2. The molecule has 0 saturated carbocycles. The van der Waals surface area contributed by atoms with E-state index in [1.54, 1.807) is 6.07 Å². The van der Waals surface area contributed by atoms with E-state index >= 15 is 0 Å². The number of aldehydes is 1. The van der Waals surface area contributed by atoms with Gasteiger partial charge in [0.25, 0.3) is 0 Å². The van der Waals surface area contributed by atoms with E-state index in [9.17, 15) is 27.6 Å². The first-order valence-corrected chi connectivity index (χ1v) is 11.5. The lowest BCUT2D eigenvalue weighted by Gasteiger charge is -2.07. The van der Waals surface area contributed by atoms with Crippen LogP contribution in [0.4, 0.5) is 13.2 Å². The first-order chi connectivity index (χ1) is 17.8. The van der Waals surface area contributed by atoms with Gasteiger partial charge in [-0.1, -0.05) is 30.3 Å². The molecular weight excluding hydrogens is 507 g/mol. The Morgan fingerprint density at radius 2 is 1.34 bits per heavy atom. The highest BCUT2D eigenvalue weighted by Crippen LogP contribution is 2.14. The standard InChI is InChI=1S/C13H19NO2.C12H14O3.C2HF3O2/c1-10-8-11(9-14-2)4-5-12(10)6-7-13(15)16-3;1-9-7-10(8-13)3-4-11(9)5-6-12(14)15-2;3-2(4,5)1(6)7/h4-5,8,14H,6-7,9H2,1-3H3;3-4,7-8H,5-6H2,1-2H3;(H,6,7). The molecule has 2 rings (SSSR count). The Morgan fingerprint density at radius 3 is 1.68 bits per heavy atom. The van der Waals surface area contributed by atoms with Gasteiger partial charge in [-0.25, -0.2) is 4.79 Å². The summed E-state index contributed by atoms with van der Waals surface area (Å²) in [6.45, 7) is 4.88. The molecular formula is C27H34F3NO7. The summed E-state index contributed by atoms with van der Waals surface area (Å²) in [5, 5.41) is 10.2. The number of benzene rings is 2. The number of hydrogen-bond donors (Lipinski definition) is 2. The molecule has 0 unspecified atom stereocenters. The van der Waals surface area contributed by atoms with E-state index in [1.165, 1.54) is 30.9 Å². The highest BCUT2D eigenvalue weighted by Gasteiger charge is 2.38. The highest BCUT2D eigenvalue weighted by atomic mass is 19.4. The van der Waals surface area contributed by atoms with Crippen molar-refractivity contribution >= 4 is 24.2 Å². The molecule has 0 saturated heterocycles. The minimum atomic E-state index is -5.08. The SMILES string of the molecule is CNCc1ccc(CCC(=O)OC)c(C)c1.COC(=O)CCc1ccc(C=O)cc1C.O=C(O)C(F)(F)F. The fourth-order valence-electron chi connectivity index (χ4n) is 3.10. The summed E-state index contributed by atoms with van der Waals surface area (Å²) in [5.41, 5.74) is 6.48. The summed E-state index contributed by atoms with van der Waals surface area (Å²) in [4.78, 5) is 41.4. The Labute approximate surface area is 220 Å². The highest BCUT2D eigenvalue weighted by molar-refractivity contribution is 5.75. The molecule has 0 atom stereocenters. The van der Waals surface area contributed by atoms with Crippen molar-refractivity contribution in [1.82, 2.24) is 5.32 Å². The van der Waals surface area contributed by atoms with Gasteiger partial charge in [-0.15, -0.1) is 0 Å². The Hall–Kier alpha value is -3.73. The molecule has 210 valence electrons. The monoisotopic (exact) mass is 541 g/mol. The van der Waals surface area contributed by atoms with Crippen molar-refractivity contribution < 1.29 is 46.9 Å². The van der Waals surface area contributed by atoms with E-state index in [2.05, 4.69) is 39.9 Å². The second-order valence-corrected chi connectivity index (χ2v) is 8.05. The molecule has 2 aromatic rings. The van der Waals surface area contributed by atoms with Gasteiger partial charge in [0.1, 0.15) is 6.29 Å². The molecule has 0 aromatic heterocycles. The largest absolute Gasteiger partial charge is 0.490 e. The predicted octanol–water partition coefficient (Wildman–Crippen LogP) is 4.37. The molecule has 2 aromatic carbocycles. The van der Waals surface area contributed by atoms with Crippen molar-refractivity contribution in [1.29, 1.82) is 0 Å². The summed E-state index contributed by atoms with van der Waals surface area (Å²) in [6.07, 6.45) is -2.05. The average Bonchev–Trinajstić information content (AvgIpc) is 2.87. The van der Waals surface area contributed by atoms with Crippen LogP contribution in [0.5, 0.6) is 0 Å². The van der Waals surface area contributed by atoms with Crippen molar-refractivity contribution in [3.05, 3.63) is 69.8 Å². The van der Waals surface area contributed by atoms with Crippen LogP contribution in [0, 0.1) is 13.8 Å². The Kier molecular flexibility index (Phi) is 15.9. The molecule has 0 heterocycles. The number of nitrogens with one attached hydrogen (secondary N) is 1. The van der Waals surface area contributed by atoms with Crippen molar-refractivity contribution in [2.24, 2.45) is 0 Å². The van der Waals surface area contributed by atoms with E-state index < -0.39 is 12.1 Å². The van der Waals surface area contributed by atoms with Crippen LogP contribution in [0.3, 0.4) is 0 Å². The zero-order chi connectivity index (χ0) is 29.3. The van der Waals surface area contributed by atoms with Gasteiger partial charge in [0.2, 0.25) is 0 Å². The molecule has 2 N–H and O–H groups in total. The number of alkyl halides is 3. The van der Waals surface area contributed by atoms with E-state index in [4.69, 9.17) is 9.90 Å². The third-order valence-electron chi connectivity index (χ3n) is 5.19. The lowest BCUT2D eigenvalue weighted by Crippen LogP contribution is -2.21. The molecule has 0 aliphatic carbocycles. The maximum absolute atomic E-state index is 11.0. The topological polar surface area (TPSA) is 119 Å². The second kappa shape index (κ2) is 17.7.